The first kappa shape index (κ1) is 12.1. The Kier molecular flexibility index (Phi) is 4.03. The van der Waals surface area contributed by atoms with E-state index < -0.39 is 0 Å². The molecule has 1 unspecified atom stereocenters. The highest BCUT2D eigenvalue weighted by Gasteiger charge is 2.28. The van der Waals surface area contributed by atoms with Crippen LogP contribution in [0.25, 0.3) is 0 Å². The Bertz CT molecular complexity index is 394. The zero-order chi connectivity index (χ0) is 11.5. The fourth-order valence-electron chi connectivity index (χ4n) is 2.05. The Morgan fingerprint density at radius 2 is 2.31 bits per heavy atom. The van der Waals surface area contributed by atoms with Crippen molar-refractivity contribution >= 4 is 37.8 Å². The van der Waals surface area contributed by atoms with Crippen molar-refractivity contribution in [3.8, 4) is 0 Å². The number of carbonyl (C=O) groups is 1. The first-order valence-electron chi connectivity index (χ1n) is 5.35. The van der Waals surface area contributed by atoms with Gasteiger partial charge >= 0.3 is 0 Å². The number of hydrogen-bond acceptors (Lipinski definition) is 1. The molecule has 1 aromatic carbocycles. The maximum absolute atomic E-state index is 12.3. The van der Waals surface area contributed by atoms with E-state index in [0.29, 0.717) is 6.04 Å². The molecule has 0 saturated carbocycles. The van der Waals surface area contributed by atoms with Gasteiger partial charge in [-0.3, -0.25) is 4.79 Å². The van der Waals surface area contributed by atoms with E-state index in [1.807, 2.05) is 29.2 Å². The molecular formula is C12H13Br2NO. The summed E-state index contributed by atoms with van der Waals surface area (Å²) < 4.78 is 0.952. The Hall–Kier alpha value is -0.350. The highest BCUT2D eigenvalue weighted by atomic mass is 79.9. The molecule has 1 saturated heterocycles. The van der Waals surface area contributed by atoms with Gasteiger partial charge in [0.25, 0.3) is 5.91 Å². The normalized spacial score (nSPS) is 20.1. The van der Waals surface area contributed by atoms with Gasteiger partial charge in [-0.25, -0.2) is 0 Å². The van der Waals surface area contributed by atoms with Crippen molar-refractivity contribution in [1.82, 2.24) is 4.90 Å². The van der Waals surface area contributed by atoms with Gasteiger partial charge in [0.15, 0.2) is 0 Å². The number of carbonyl (C=O) groups excluding carboxylic acids is 1. The van der Waals surface area contributed by atoms with E-state index in [4.69, 9.17) is 0 Å². The summed E-state index contributed by atoms with van der Waals surface area (Å²) in [5, 5.41) is 0.868. The molecule has 1 heterocycles. The van der Waals surface area contributed by atoms with Gasteiger partial charge in [0, 0.05) is 28.0 Å². The zero-order valence-corrected chi connectivity index (χ0v) is 12.0. The first-order valence-corrected chi connectivity index (χ1v) is 7.26. The van der Waals surface area contributed by atoms with E-state index >= 15 is 0 Å². The Morgan fingerprint density at radius 3 is 3.00 bits per heavy atom. The average Bonchev–Trinajstić information content (AvgIpc) is 2.76. The fourth-order valence-corrected chi connectivity index (χ4v) is 3.12. The molecule has 1 aliphatic rings. The van der Waals surface area contributed by atoms with Crippen LogP contribution >= 0.6 is 31.9 Å². The molecule has 0 bridgehead atoms. The molecule has 4 heteroatoms. The largest absolute Gasteiger partial charge is 0.335 e. The lowest BCUT2D eigenvalue weighted by Crippen LogP contribution is -2.36. The predicted molar refractivity (Wildman–Crippen MR) is 72.0 cm³/mol. The van der Waals surface area contributed by atoms with E-state index in [2.05, 4.69) is 31.9 Å². The average molecular weight is 347 g/mol. The second-order valence-electron chi connectivity index (χ2n) is 3.96. The van der Waals surface area contributed by atoms with Crippen molar-refractivity contribution < 1.29 is 4.79 Å². The van der Waals surface area contributed by atoms with Crippen LogP contribution in [0.2, 0.25) is 0 Å². The fraction of sp³-hybridized carbons (Fsp3) is 0.417. The van der Waals surface area contributed by atoms with Gasteiger partial charge in [-0.05, 0) is 31.0 Å². The zero-order valence-electron chi connectivity index (χ0n) is 8.83. The summed E-state index contributed by atoms with van der Waals surface area (Å²) in [5.41, 5.74) is 0.766. The number of halogens is 2. The van der Waals surface area contributed by atoms with Gasteiger partial charge in [-0.2, -0.15) is 0 Å². The molecule has 1 fully saturated rings. The minimum Gasteiger partial charge on any atom is -0.335 e. The molecular weight excluding hydrogens is 334 g/mol. The summed E-state index contributed by atoms with van der Waals surface area (Å²) in [4.78, 5) is 14.2. The SMILES string of the molecule is O=C(c1cccc(Br)c1)N1CCCC1CBr. The number of hydrogen-bond donors (Lipinski definition) is 0. The number of likely N-dealkylation sites (tertiary alicyclic amines) is 1. The summed E-state index contributed by atoms with van der Waals surface area (Å²) in [5.74, 6) is 0.142. The minimum absolute atomic E-state index is 0.142. The number of benzene rings is 1. The van der Waals surface area contributed by atoms with E-state index in [0.717, 1.165) is 34.8 Å². The number of amides is 1. The third-order valence-electron chi connectivity index (χ3n) is 2.89. The Balaban J connectivity index is 2.18. The molecule has 0 spiro atoms. The summed E-state index contributed by atoms with van der Waals surface area (Å²) in [6.07, 6.45) is 2.21. The van der Waals surface area contributed by atoms with Crippen molar-refractivity contribution in [3.05, 3.63) is 34.3 Å². The number of alkyl halides is 1. The highest BCUT2D eigenvalue weighted by molar-refractivity contribution is 9.10. The summed E-state index contributed by atoms with van der Waals surface area (Å²) in [6.45, 7) is 0.877. The van der Waals surface area contributed by atoms with Crippen molar-refractivity contribution in [2.45, 2.75) is 18.9 Å². The van der Waals surface area contributed by atoms with Crippen molar-refractivity contribution in [1.29, 1.82) is 0 Å². The minimum atomic E-state index is 0.142. The molecule has 16 heavy (non-hydrogen) atoms. The molecule has 0 aliphatic carbocycles. The van der Waals surface area contributed by atoms with Crippen LogP contribution in [0, 0.1) is 0 Å². The van der Waals surface area contributed by atoms with E-state index in [9.17, 15) is 4.79 Å². The summed E-state index contributed by atoms with van der Waals surface area (Å²) >= 11 is 6.86. The number of rotatable bonds is 2. The van der Waals surface area contributed by atoms with E-state index in [-0.39, 0.29) is 5.91 Å². The van der Waals surface area contributed by atoms with Crippen LogP contribution in [-0.4, -0.2) is 28.7 Å². The summed E-state index contributed by atoms with van der Waals surface area (Å²) in [7, 11) is 0. The van der Waals surface area contributed by atoms with Crippen LogP contribution in [0.4, 0.5) is 0 Å². The van der Waals surface area contributed by atoms with E-state index in [1.165, 1.54) is 0 Å². The van der Waals surface area contributed by atoms with Crippen LogP contribution < -0.4 is 0 Å². The predicted octanol–water partition coefficient (Wildman–Crippen LogP) is 3.45. The maximum atomic E-state index is 12.3. The molecule has 1 atom stereocenters. The van der Waals surface area contributed by atoms with E-state index in [1.54, 1.807) is 0 Å². The molecule has 1 aliphatic heterocycles. The molecule has 1 amide bonds. The van der Waals surface area contributed by atoms with Gasteiger partial charge in [0.05, 0.1) is 0 Å². The van der Waals surface area contributed by atoms with Gasteiger partial charge in [-0.1, -0.05) is 37.9 Å². The highest BCUT2D eigenvalue weighted by Crippen LogP contribution is 2.22. The topological polar surface area (TPSA) is 20.3 Å². The lowest BCUT2D eigenvalue weighted by molar-refractivity contribution is 0.0750. The molecule has 0 N–H and O–H groups in total. The summed E-state index contributed by atoms with van der Waals surface area (Å²) in [6, 6.07) is 7.94. The second-order valence-corrected chi connectivity index (χ2v) is 5.52. The smallest absolute Gasteiger partial charge is 0.254 e. The van der Waals surface area contributed by atoms with Gasteiger partial charge in [0.1, 0.15) is 0 Å². The molecule has 0 radical (unpaired) electrons. The standard InChI is InChI=1S/C12H13Br2NO/c13-8-11-5-2-6-15(11)12(16)9-3-1-4-10(14)7-9/h1,3-4,7,11H,2,5-6,8H2. The quantitative estimate of drug-likeness (QED) is 0.751. The molecule has 86 valence electrons. The molecule has 1 aromatic rings. The van der Waals surface area contributed by atoms with Crippen LogP contribution in [-0.2, 0) is 0 Å². The lowest BCUT2D eigenvalue weighted by Gasteiger charge is -2.23. The number of nitrogens with zero attached hydrogens (tertiary/aromatic N) is 1. The molecule has 2 nitrogen and oxygen atoms in total. The van der Waals surface area contributed by atoms with Crippen LogP contribution in [0.15, 0.2) is 28.7 Å². The third kappa shape index (κ3) is 2.48. The molecule has 0 aromatic heterocycles. The van der Waals surface area contributed by atoms with Crippen molar-refractivity contribution in [2.24, 2.45) is 0 Å². The second kappa shape index (κ2) is 5.32. The Labute approximate surface area is 112 Å². The van der Waals surface area contributed by atoms with Gasteiger partial charge in [0.2, 0.25) is 0 Å². The monoisotopic (exact) mass is 345 g/mol. The van der Waals surface area contributed by atoms with Crippen LogP contribution in [0.5, 0.6) is 0 Å². The lowest BCUT2D eigenvalue weighted by atomic mass is 10.2. The van der Waals surface area contributed by atoms with Crippen LogP contribution in [0.1, 0.15) is 23.2 Å². The van der Waals surface area contributed by atoms with Crippen LogP contribution in [0.3, 0.4) is 0 Å². The van der Waals surface area contributed by atoms with Gasteiger partial charge < -0.3 is 4.90 Å². The van der Waals surface area contributed by atoms with Gasteiger partial charge in [-0.15, -0.1) is 0 Å². The van der Waals surface area contributed by atoms with Crippen molar-refractivity contribution in [3.63, 3.8) is 0 Å². The third-order valence-corrected chi connectivity index (χ3v) is 4.13. The first-order chi connectivity index (χ1) is 7.72. The molecule has 2 rings (SSSR count). The Morgan fingerprint density at radius 1 is 1.50 bits per heavy atom. The van der Waals surface area contributed by atoms with Crippen molar-refractivity contribution in [2.75, 3.05) is 11.9 Å². The maximum Gasteiger partial charge on any atom is 0.254 e.